The summed E-state index contributed by atoms with van der Waals surface area (Å²) in [6.07, 6.45) is 1.62. The number of hydrogen-bond acceptors (Lipinski definition) is 6. The van der Waals surface area contributed by atoms with E-state index in [9.17, 15) is 0 Å². The van der Waals surface area contributed by atoms with Crippen LogP contribution in [-0.4, -0.2) is 64.9 Å². The zero-order valence-electron chi connectivity index (χ0n) is 14.6. The van der Waals surface area contributed by atoms with Crippen LogP contribution < -0.4 is 9.64 Å². The van der Waals surface area contributed by atoms with Crippen molar-refractivity contribution < 1.29 is 4.74 Å². The van der Waals surface area contributed by atoms with Gasteiger partial charge in [0.2, 0.25) is 0 Å². The molecule has 0 unspecified atom stereocenters. The quantitative estimate of drug-likeness (QED) is 0.786. The Morgan fingerprint density at radius 3 is 2.76 bits per heavy atom. The maximum Gasteiger partial charge on any atom is 0.132 e. The van der Waals surface area contributed by atoms with Gasteiger partial charge >= 0.3 is 0 Å². The Hall–Kier alpha value is -2.67. The number of likely N-dealkylation sites (N-methyl/N-ethyl adjacent to an activating group) is 1. The number of benzene rings is 1. The number of nitrogens with one attached hydrogen (secondary N) is 1. The molecule has 3 aromatic rings. The third kappa shape index (κ3) is 3.15. The first-order chi connectivity index (χ1) is 12.2. The van der Waals surface area contributed by atoms with Crippen LogP contribution in [-0.2, 0) is 0 Å². The summed E-state index contributed by atoms with van der Waals surface area (Å²) < 4.78 is 5.62. The molecule has 0 radical (unpaired) electrons. The van der Waals surface area contributed by atoms with Crippen LogP contribution in [0.5, 0.6) is 5.75 Å². The van der Waals surface area contributed by atoms with E-state index in [-0.39, 0.29) is 0 Å². The molecule has 25 heavy (non-hydrogen) atoms. The first kappa shape index (κ1) is 15.8. The molecule has 7 heteroatoms. The summed E-state index contributed by atoms with van der Waals surface area (Å²) in [6, 6.07) is 7.96. The summed E-state index contributed by atoms with van der Waals surface area (Å²) in [5, 5.41) is 8.55. The van der Waals surface area contributed by atoms with Crippen molar-refractivity contribution in [2.45, 2.75) is 6.92 Å². The molecule has 1 aliphatic heterocycles. The van der Waals surface area contributed by atoms with Gasteiger partial charge in [0.05, 0.1) is 17.8 Å². The highest BCUT2D eigenvalue weighted by molar-refractivity contribution is 5.93. The summed E-state index contributed by atoms with van der Waals surface area (Å²) in [5.41, 5.74) is 2.62. The Balaban J connectivity index is 1.69. The number of hydrogen-bond donors (Lipinski definition) is 1. The van der Waals surface area contributed by atoms with Crippen molar-refractivity contribution >= 4 is 16.7 Å². The van der Waals surface area contributed by atoms with Crippen molar-refractivity contribution in [3.63, 3.8) is 0 Å². The fourth-order valence-electron chi connectivity index (χ4n) is 3.13. The molecule has 1 aromatic carbocycles. The lowest BCUT2D eigenvalue weighted by molar-refractivity contribution is 0.312. The molecule has 0 atom stereocenters. The predicted octanol–water partition coefficient (Wildman–Crippen LogP) is 2.17. The molecular formula is C18H22N6O. The van der Waals surface area contributed by atoms with E-state index in [2.05, 4.69) is 37.0 Å². The number of nitrogens with zero attached hydrogens (tertiary/aromatic N) is 5. The average Bonchev–Trinajstić information content (AvgIpc) is 3.06. The zero-order valence-corrected chi connectivity index (χ0v) is 14.6. The van der Waals surface area contributed by atoms with Gasteiger partial charge in [0.25, 0.3) is 0 Å². The van der Waals surface area contributed by atoms with Gasteiger partial charge in [-0.25, -0.2) is 9.97 Å². The van der Waals surface area contributed by atoms with Crippen molar-refractivity contribution in [2.24, 2.45) is 0 Å². The highest BCUT2D eigenvalue weighted by atomic mass is 16.5. The molecule has 1 aliphatic rings. The molecule has 1 saturated heterocycles. The molecule has 0 spiro atoms. The lowest BCUT2D eigenvalue weighted by atomic mass is 10.1. The zero-order chi connectivity index (χ0) is 17.2. The topological polar surface area (TPSA) is 70.2 Å². The number of aromatic nitrogens is 4. The maximum atomic E-state index is 5.62. The minimum atomic E-state index is 0.639. The van der Waals surface area contributed by atoms with Crippen molar-refractivity contribution in [1.29, 1.82) is 0 Å². The molecule has 7 nitrogen and oxygen atoms in total. The van der Waals surface area contributed by atoms with E-state index in [0.717, 1.165) is 60.0 Å². The number of fused-ring (bicyclic) bond motifs is 1. The largest absolute Gasteiger partial charge is 0.494 e. The van der Waals surface area contributed by atoms with Gasteiger partial charge in [-0.3, -0.25) is 5.10 Å². The molecule has 2 aromatic heterocycles. The fraction of sp³-hybridized carbons (Fsp3) is 0.389. The Kier molecular flexibility index (Phi) is 4.23. The van der Waals surface area contributed by atoms with E-state index in [0.29, 0.717) is 6.61 Å². The third-order valence-electron chi connectivity index (χ3n) is 4.57. The molecule has 1 fully saturated rings. The third-order valence-corrected chi connectivity index (χ3v) is 4.57. The van der Waals surface area contributed by atoms with Gasteiger partial charge in [0.1, 0.15) is 23.6 Å². The minimum absolute atomic E-state index is 0.639. The summed E-state index contributed by atoms with van der Waals surface area (Å²) in [5.74, 6) is 1.79. The Labute approximate surface area is 146 Å². The van der Waals surface area contributed by atoms with E-state index >= 15 is 0 Å². The Bertz CT molecular complexity index is 869. The van der Waals surface area contributed by atoms with Crippen LogP contribution in [0.25, 0.3) is 22.3 Å². The van der Waals surface area contributed by atoms with Gasteiger partial charge in [-0.15, -0.1) is 0 Å². The van der Waals surface area contributed by atoms with Crippen molar-refractivity contribution in [2.75, 3.05) is 44.7 Å². The van der Waals surface area contributed by atoms with Gasteiger partial charge in [-0.1, -0.05) is 0 Å². The number of rotatable bonds is 4. The molecule has 0 saturated carbocycles. The van der Waals surface area contributed by atoms with E-state index < -0.39 is 0 Å². The second-order valence-corrected chi connectivity index (χ2v) is 6.26. The van der Waals surface area contributed by atoms with Gasteiger partial charge in [0.15, 0.2) is 0 Å². The van der Waals surface area contributed by atoms with E-state index in [1.165, 1.54) is 0 Å². The molecule has 3 heterocycles. The molecule has 0 bridgehead atoms. The average molecular weight is 338 g/mol. The monoisotopic (exact) mass is 338 g/mol. The van der Waals surface area contributed by atoms with Gasteiger partial charge in [-0.2, -0.15) is 5.10 Å². The number of anilines is 1. The van der Waals surface area contributed by atoms with E-state index in [1.54, 1.807) is 6.33 Å². The number of aromatic amines is 1. The van der Waals surface area contributed by atoms with Crippen molar-refractivity contribution in [3.8, 4) is 17.1 Å². The van der Waals surface area contributed by atoms with Crippen LogP contribution in [0.4, 0.5) is 5.82 Å². The minimum Gasteiger partial charge on any atom is -0.494 e. The van der Waals surface area contributed by atoms with Crippen LogP contribution >= 0.6 is 0 Å². The molecular weight excluding hydrogens is 316 g/mol. The molecule has 130 valence electrons. The first-order valence-corrected chi connectivity index (χ1v) is 8.61. The standard InChI is InChI=1S/C18H22N6O/c1-3-25-13-4-5-15-14(10-13)18(22-21-15)16-11-17(20-12-19-16)24-8-6-23(2)7-9-24/h4-5,10-12H,3,6-9H2,1-2H3,(H,21,22). The van der Waals surface area contributed by atoms with Crippen LogP contribution in [0.15, 0.2) is 30.6 Å². The van der Waals surface area contributed by atoms with E-state index in [1.807, 2.05) is 31.2 Å². The normalized spacial score (nSPS) is 15.7. The Morgan fingerprint density at radius 1 is 1.12 bits per heavy atom. The second kappa shape index (κ2) is 6.68. The van der Waals surface area contributed by atoms with Crippen LogP contribution in [0.1, 0.15) is 6.92 Å². The molecule has 0 aliphatic carbocycles. The number of ether oxygens (including phenoxy) is 1. The molecule has 1 N–H and O–H groups in total. The van der Waals surface area contributed by atoms with Crippen LogP contribution in [0, 0.1) is 0 Å². The van der Waals surface area contributed by atoms with Crippen molar-refractivity contribution in [1.82, 2.24) is 25.1 Å². The predicted molar refractivity (Wildman–Crippen MR) is 98.0 cm³/mol. The lowest BCUT2D eigenvalue weighted by Gasteiger charge is -2.33. The smallest absolute Gasteiger partial charge is 0.132 e. The first-order valence-electron chi connectivity index (χ1n) is 8.61. The summed E-state index contributed by atoms with van der Waals surface area (Å²) in [6.45, 7) is 6.66. The molecule has 4 rings (SSSR count). The van der Waals surface area contributed by atoms with Crippen molar-refractivity contribution in [3.05, 3.63) is 30.6 Å². The SMILES string of the molecule is CCOc1ccc2[nH]nc(-c3cc(N4CCN(C)CC4)ncn3)c2c1. The van der Waals surface area contributed by atoms with Gasteiger partial charge in [-0.05, 0) is 32.2 Å². The Morgan fingerprint density at radius 2 is 1.96 bits per heavy atom. The number of piperazine rings is 1. The summed E-state index contributed by atoms with van der Waals surface area (Å²) >= 11 is 0. The highest BCUT2D eigenvalue weighted by Gasteiger charge is 2.17. The van der Waals surface area contributed by atoms with Gasteiger partial charge < -0.3 is 14.5 Å². The highest BCUT2D eigenvalue weighted by Crippen LogP contribution is 2.29. The maximum absolute atomic E-state index is 5.62. The summed E-state index contributed by atoms with van der Waals surface area (Å²) in [7, 11) is 2.15. The van der Waals surface area contributed by atoms with Gasteiger partial charge in [0, 0.05) is 37.6 Å². The molecule has 0 amide bonds. The second-order valence-electron chi connectivity index (χ2n) is 6.26. The van der Waals surface area contributed by atoms with E-state index in [4.69, 9.17) is 4.74 Å². The van der Waals surface area contributed by atoms with Crippen LogP contribution in [0.3, 0.4) is 0 Å². The lowest BCUT2D eigenvalue weighted by Crippen LogP contribution is -2.44. The summed E-state index contributed by atoms with van der Waals surface area (Å²) in [4.78, 5) is 13.5. The van der Waals surface area contributed by atoms with Crippen LogP contribution in [0.2, 0.25) is 0 Å². The number of H-pyrrole nitrogens is 1. The fourth-order valence-corrected chi connectivity index (χ4v) is 3.13.